The van der Waals surface area contributed by atoms with E-state index in [0.29, 0.717) is 5.33 Å². The van der Waals surface area contributed by atoms with Crippen molar-refractivity contribution < 1.29 is 13.2 Å². The number of nitrogens with zero attached hydrogens (tertiary/aromatic N) is 2. The first-order valence-corrected chi connectivity index (χ1v) is 6.34. The molecule has 0 spiro atoms. The summed E-state index contributed by atoms with van der Waals surface area (Å²) in [7, 11) is 0. The molecule has 6 heteroatoms. The highest BCUT2D eigenvalue weighted by Crippen LogP contribution is 2.32. The Kier molecular flexibility index (Phi) is 3.75. The van der Waals surface area contributed by atoms with Crippen LogP contribution in [0.2, 0.25) is 0 Å². The van der Waals surface area contributed by atoms with Gasteiger partial charge in [-0.2, -0.15) is 13.2 Å². The van der Waals surface area contributed by atoms with E-state index in [-0.39, 0.29) is 12.1 Å². The molecule has 0 radical (unpaired) electrons. The van der Waals surface area contributed by atoms with Crippen LogP contribution in [0.5, 0.6) is 0 Å². The molecule has 1 aromatic heterocycles. The number of benzene rings is 1. The first-order chi connectivity index (χ1) is 8.50. The number of halogens is 4. The van der Waals surface area contributed by atoms with Crippen LogP contribution in [-0.4, -0.2) is 9.55 Å². The smallest absolute Gasteiger partial charge is 0.333 e. The average molecular weight is 319 g/mol. The van der Waals surface area contributed by atoms with Crippen LogP contribution < -0.4 is 0 Å². The van der Waals surface area contributed by atoms with E-state index in [1.165, 1.54) is 18.5 Å². The molecule has 18 heavy (non-hydrogen) atoms. The molecule has 1 heterocycles. The van der Waals surface area contributed by atoms with Crippen molar-refractivity contribution in [2.75, 3.05) is 0 Å². The average Bonchev–Trinajstić information content (AvgIpc) is 2.76. The summed E-state index contributed by atoms with van der Waals surface area (Å²) >= 11 is 3.25. The molecule has 0 amide bonds. The Morgan fingerprint density at radius 2 is 1.94 bits per heavy atom. The van der Waals surface area contributed by atoms with Crippen molar-refractivity contribution in [2.24, 2.45) is 0 Å². The Hall–Kier alpha value is -1.30. The van der Waals surface area contributed by atoms with Crippen molar-refractivity contribution in [1.29, 1.82) is 0 Å². The number of aromatic nitrogens is 2. The summed E-state index contributed by atoms with van der Waals surface area (Å²) in [5.74, 6) is 0. The molecule has 0 aliphatic carbocycles. The third kappa shape index (κ3) is 2.93. The minimum Gasteiger partial charge on any atom is -0.333 e. The molecule has 96 valence electrons. The van der Waals surface area contributed by atoms with Crippen LogP contribution in [0.1, 0.15) is 16.8 Å². The molecule has 2 aromatic rings. The Labute approximate surface area is 111 Å². The molecule has 0 fully saturated rings. The van der Waals surface area contributed by atoms with Crippen LogP contribution >= 0.6 is 15.9 Å². The first kappa shape index (κ1) is 13.1. The largest absolute Gasteiger partial charge is 0.416 e. The molecule has 0 saturated carbocycles. The Bertz CT molecular complexity index is 534. The van der Waals surface area contributed by atoms with Gasteiger partial charge in [0.2, 0.25) is 0 Å². The van der Waals surface area contributed by atoms with Gasteiger partial charge in [-0.05, 0) is 11.6 Å². The lowest BCUT2D eigenvalue weighted by Crippen LogP contribution is -2.11. The third-order valence-corrected chi connectivity index (χ3v) is 3.07. The summed E-state index contributed by atoms with van der Waals surface area (Å²) in [6.45, 7) is 0.162. The van der Waals surface area contributed by atoms with Crippen LogP contribution in [-0.2, 0) is 18.1 Å². The highest BCUT2D eigenvalue weighted by Gasteiger charge is 2.32. The summed E-state index contributed by atoms with van der Waals surface area (Å²) in [6, 6.07) is 5.57. The summed E-state index contributed by atoms with van der Waals surface area (Å²) in [6.07, 6.45) is -1.07. The molecule has 2 rings (SSSR count). The van der Waals surface area contributed by atoms with E-state index in [1.807, 2.05) is 0 Å². The molecule has 0 atom stereocenters. The Balaban J connectivity index is 2.29. The van der Waals surface area contributed by atoms with Gasteiger partial charge in [0.15, 0.2) is 0 Å². The molecule has 0 aliphatic rings. The molecule has 2 nitrogen and oxygen atoms in total. The van der Waals surface area contributed by atoms with Crippen LogP contribution in [0.3, 0.4) is 0 Å². The zero-order chi connectivity index (χ0) is 13.2. The van der Waals surface area contributed by atoms with E-state index in [0.717, 1.165) is 11.8 Å². The van der Waals surface area contributed by atoms with Gasteiger partial charge in [-0.1, -0.05) is 34.1 Å². The van der Waals surface area contributed by atoms with E-state index in [4.69, 9.17) is 0 Å². The fourth-order valence-corrected chi connectivity index (χ4v) is 1.98. The van der Waals surface area contributed by atoms with Crippen molar-refractivity contribution in [2.45, 2.75) is 18.1 Å². The van der Waals surface area contributed by atoms with Crippen molar-refractivity contribution in [1.82, 2.24) is 9.55 Å². The second kappa shape index (κ2) is 5.14. The van der Waals surface area contributed by atoms with Gasteiger partial charge < -0.3 is 4.57 Å². The summed E-state index contributed by atoms with van der Waals surface area (Å²) in [5, 5.41) is 0.584. The van der Waals surface area contributed by atoms with Crippen LogP contribution in [0.4, 0.5) is 13.2 Å². The second-order valence-corrected chi connectivity index (χ2v) is 4.39. The van der Waals surface area contributed by atoms with Crippen LogP contribution in [0.25, 0.3) is 0 Å². The van der Waals surface area contributed by atoms with Crippen molar-refractivity contribution in [3.63, 3.8) is 0 Å². The molecule has 0 aliphatic heterocycles. The number of rotatable bonds is 3. The number of hydrogen-bond donors (Lipinski definition) is 0. The molecular weight excluding hydrogens is 309 g/mol. The minimum absolute atomic E-state index is 0.162. The van der Waals surface area contributed by atoms with Gasteiger partial charge in [-0.3, -0.25) is 0 Å². The lowest BCUT2D eigenvalue weighted by atomic mass is 10.1. The quantitative estimate of drug-likeness (QED) is 0.786. The van der Waals surface area contributed by atoms with Crippen molar-refractivity contribution >= 4 is 15.9 Å². The van der Waals surface area contributed by atoms with E-state index in [2.05, 4.69) is 20.9 Å². The first-order valence-electron chi connectivity index (χ1n) is 5.22. The summed E-state index contributed by atoms with van der Waals surface area (Å²) in [4.78, 5) is 4.06. The number of imidazole rings is 1. The lowest BCUT2D eigenvalue weighted by molar-refractivity contribution is -0.138. The fourth-order valence-electron chi connectivity index (χ4n) is 1.69. The zero-order valence-corrected chi connectivity index (χ0v) is 10.9. The van der Waals surface area contributed by atoms with E-state index >= 15 is 0 Å². The van der Waals surface area contributed by atoms with Crippen molar-refractivity contribution in [3.8, 4) is 0 Å². The molecule has 0 unspecified atom stereocenters. The van der Waals surface area contributed by atoms with Gasteiger partial charge in [0.05, 0.1) is 17.6 Å². The standard InChI is InChI=1S/C12H10BrF3N2/c13-5-10-7-18(8-17-10)6-9-3-1-2-4-11(9)12(14,15)16/h1-4,7-8H,5-6H2. The van der Waals surface area contributed by atoms with Gasteiger partial charge >= 0.3 is 6.18 Å². The monoisotopic (exact) mass is 318 g/mol. The minimum atomic E-state index is -4.32. The highest BCUT2D eigenvalue weighted by atomic mass is 79.9. The maximum absolute atomic E-state index is 12.8. The molecular formula is C12H10BrF3N2. The Morgan fingerprint density at radius 1 is 1.22 bits per heavy atom. The van der Waals surface area contributed by atoms with Gasteiger partial charge in [0.1, 0.15) is 0 Å². The van der Waals surface area contributed by atoms with Crippen molar-refractivity contribution in [3.05, 3.63) is 53.6 Å². The topological polar surface area (TPSA) is 17.8 Å². The van der Waals surface area contributed by atoms with Gasteiger partial charge in [0.25, 0.3) is 0 Å². The molecule has 1 aromatic carbocycles. The second-order valence-electron chi connectivity index (χ2n) is 3.83. The molecule has 0 N–H and O–H groups in total. The van der Waals surface area contributed by atoms with E-state index in [1.54, 1.807) is 16.8 Å². The van der Waals surface area contributed by atoms with Gasteiger partial charge in [0, 0.05) is 18.1 Å². The molecule has 0 saturated heterocycles. The highest BCUT2D eigenvalue weighted by molar-refractivity contribution is 9.08. The SMILES string of the molecule is FC(F)(F)c1ccccc1Cn1cnc(CBr)c1. The number of alkyl halides is 4. The molecule has 0 bridgehead atoms. The maximum Gasteiger partial charge on any atom is 0.416 e. The lowest BCUT2D eigenvalue weighted by Gasteiger charge is -2.12. The van der Waals surface area contributed by atoms with Gasteiger partial charge in [-0.25, -0.2) is 4.98 Å². The summed E-state index contributed by atoms with van der Waals surface area (Å²) in [5.41, 5.74) is 0.433. The Morgan fingerprint density at radius 3 is 2.56 bits per heavy atom. The van der Waals surface area contributed by atoms with E-state index in [9.17, 15) is 13.2 Å². The van der Waals surface area contributed by atoms with Crippen LogP contribution in [0.15, 0.2) is 36.8 Å². The zero-order valence-electron chi connectivity index (χ0n) is 9.28. The fraction of sp³-hybridized carbons (Fsp3) is 0.250. The predicted octanol–water partition coefficient (Wildman–Crippen LogP) is 3.85. The maximum atomic E-state index is 12.8. The number of hydrogen-bond acceptors (Lipinski definition) is 1. The van der Waals surface area contributed by atoms with Gasteiger partial charge in [-0.15, -0.1) is 0 Å². The summed E-state index contributed by atoms with van der Waals surface area (Å²) < 4.78 is 40.0. The van der Waals surface area contributed by atoms with Crippen LogP contribution in [0, 0.1) is 0 Å². The normalized spacial score (nSPS) is 11.8. The van der Waals surface area contributed by atoms with E-state index < -0.39 is 11.7 Å². The third-order valence-electron chi connectivity index (χ3n) is 2.50. The predicted molar refractivity (Wildman–Crippen MR) is 65.4 cm³/mol.